The van der Waals surface area contributed by atoms with E-state index in [-0.39, 0.29) is 0 Å². The first-order valence-electron chi connectivity index (χ1n) is 6.67. The molecule has 5 nitrogen and oxygen atoms in total. The van der Waals surface area contributed by atoms with Gasteiger partial charge in [0.2, 0.25) is 0 Å². The van der Waals surface area contributed by atoms with Gasteiger partial charge < -0.3 is 10.6 Å². The SMILES string of the molecule is CCn1ccc(CNCCNc2ccncc2C)n1. The molecule has 0 spiro atoms. The Morgan fingerprint density at radius 1 is 1.26 bits per heavy atom. The lowest BCUT2D eigenvalue weighted by Gasteiger charge is -2.09. The van der Waals surface area contributed by atoms with E-state index in [0.29, 0.717) is 0 Å². The molecule has 0 aliphatic carbocycles. The van der Waals surface area contributed by atoms with Crippen LogP contribution in [-0.2, 0) is 13.1 Å². The first-order valence-corrected chi connectivity index (χ1v) is 6.67. The third-order valence-electron chi connectivity index (χ3n) is 2.96. The molecule has 0 aliphatic rings. The molecule has 2 heterocycles. The Labute approximate surface area is 114 Å². The van der Waals surface area contributed by atoms with Crippen molar-refractivity contribution < 1.29 is 0 Å². The Bertz CT molecular complexity index is 506. The molecule has 0 aliphatic heterocycles. The standard InChI is InChI=1S/C14H21N5/c1-3-19-9-5-13(18-19)11-16-7-8-17-14-4-6-15-10-12(14)2/h4-6,9-10,16H,3,7-8,11H2,1-2H3,(H,15,17). The van der Waals surface area contributed by atoms with Crippen LogP contribution in [0.15, 0.2) is 30.7 Å². The molecule has 0 unspecified atom stereocenters. The van der Waals surface area contributed by atoms with E-state index in [4.69, 9.17) is 0 Å². The van der Waals surface area contributed by atoms with Crippen molar-refractivity contribution >= 4 is 5.69 Å². The summed E-state index contributed by atoms with van der Waals surface area (Å²) in [4.78, 5) is 4.07. The minimum absolute atomic E-state index is 0.810. The number of aromatic nitrogens is 3. The summed E-state index contributed by atoms with van der Waals surface area (Å²) >= 11 is 0. The van der Waals surface area contributed by atoms with Crippen molar-refractivity contribution in [1.29, 1.82) is 0 Å². The van der Waals surface area contributed by atoms with Gasteiger partial charge >= 0.3 is 0 Å². The van der Waals surface area contributed by atoms with E-state index in [1.54, 1.807) is 6.20 Å². The average molecular weight is 259 g/mol. The predicted molar refractivity (Wildman–Crippen MR) is 77.1 cm³/mol. The monoisotopic (exact) mass is 259 g/mol. The van der Waals surface area contributed by atoms with Crippen LogP contribution in [0.4, 0.5) is 5.69 Å². The quantitative estimate of drug-likeness (QED) is 0.745. The van der Waals surface area contributed by atoms with Gasteiger partial charge in [-0.1, -0.05) is 0 Å². The topological polar surface area (TPSA) is 54.8 Å². The van der Waals surface area contributed by atoms with Gasteiger partial charge in [0.15, 0.2) is 0 Å². The number of nitrogens with zero attached hydrogens (tertiary/aromatic N) is 3. The zero-order valence-electron chi connectivity index (χ0n) is 11.6. The van der Waals surface area contributed by atoms with E-state index in [2.05, 4.69) is 40.6 Å². The second-order valence-corrected chi connectivity index (χ2v) is 4.46. The van der Waals surface area contributed by atoms with Crippen LogP contribution in [0.1, 0.15) is 18.2 Å². The van der Waals surface area contributed by atoms with Gasteiger partial charge in [-0.2, -0.15) is 5.10 Å². The Balaban J connectivity index is 1.66. The lowest BCUT2D eigenvalue weighted by molar-refractivity contribution is 0.624. The van der Waals surface area contributed by atoms with Crippen LogP contribution < -0.4 is 10.6 Å². The minimum Gasteiger partial charge on any atom is -0.383 e. The average Bonchev–Trinajstić information content (AvgIpc) is 2.88. The van der Waals surface area contributed by atoms with Gasteiger partial charge in [0.1, 0.15) is 0 Å². The van der Waals surface area contributed by atoms with E-state index < -0.39 is 0 Å². The maximum Gasteiger partial charge on any atom is 0.0762 e. The van der Waals surface area contributed by atoms with Gasteiger partial charge in [-0.3, -0.25) is 9.67 Å². The molecule has 2 aromatic rings. The van der Waals surface area contributed by atoms with E-state index in [9.17, 15) is 0 Å². The number of hydrogen-bond acceptors (Lipinski definition) is 4. The molecule has 0 saturated carbocycles. The summed E-state index contributed by atoms with van der Waals surface area (Å²) in [6, 6.07) is 4.05. The molecule has 0 atom stereocenters. The molecule has 5 heteroatoms. The van der Waals surface area contributed by atoms with Gasteiger partial charge in [0, 0.05) is 50.5 Å². The molecule has 0 amide bonds. The molecule has 102 valence electrons. The maximum atomic E-state index is 4.42. The van der Waals surface area contributed by atoms with Crippen LogP contribution in [-0.4, -0.2) is 27.9 Å². The lowest BCUT2D eigenvalue weighted by atomic mass is 10.2. The Morgan fingerprint density at radius 2 is 2.16 bits per heavy atom. The second-order valence-electron chi connectivity index (χ2n) is 4.46. The van der Waals surface area contributed by atoms with Gasteiger partial charge in [-0.25, -0.2) is 0 Å². The van der Waals surface area contributed by atoms with Crippen LogP contribution >= 0.6 is 0 Å². The van der Waals surface area contributed by atoms with Crippen molar-refractivity contribution in [2.75, 3.05) is 18.4 Å². The maximum absolute atomic E-state index is 4.42. The van der Waals surface area contributed by atoms with Gasteiger partial charge in [-0.15, -0.1) is 0 Å². The fraction of sp³-hybridized carbons (Fsp3) is 0.429. The van der Waals surface area contributed by atoms with Crippen molar-refractivity contribution in [1.82, 2.24) is 20.1 Å². The van der Waals surface area contributed by atoms with Gasteiger partial charge in [-0.05, 0) is 31.5 Å². The Kier molecular flexibility index (Phi) is 4.92. The first-order chi connectivity index (χ1) is 9.29. The molecular formula is C14H21N5. The van der Waals surface area contributed by atoms with Crippen LogP contribution in [0, 0.1) is 6.92 Å². The third kappa shape index (κ3) is 4.06. The summed E-state index contributed by atoms with van der Waals surface area (Å²) in [7, 11) is 0. The number of anilines is 1. The highest BCUT2D eigenvalue weighted by Gasteiger charge is 1.98. The molecule has 2 N–H and O–H groups in total. The summed E-state index contributed by atoms with van der Waals surface area (Å²) in [6.07, 6.45) is 5.68. The zero-order chi connectivity index (χ0) is 13.5. The lowest BCUT2D eigenvalue weighted by Crippen LogP contribution is -2.22. The number of nitrogens with one attached hydrogen (secondary N) is 2. The van der Waals surface area contributed by atoms with Crippen LogP contribution in [0.3, 0.4) is 0 Å². The highest BCUT2D eigenvalue weighted by Crippen LogP contribution is 2.10. The summed E-state index contributed by atoms with van der Waals surface area (Å²) in [5.41, 5.74) is 3.40. The molecule has 2 aromatic heterocycles. The highest BCUT2D eigenvalue weighted by molar-refractivity contribution is 5.48. The van der Waals surface area contributed by atoms with Crippen molar-refractivity contribution in [2.24, 2.45) is 0 Å². The van der Waals surface area contributed by atoms with E-state index in [1.165, 1.54) is 5.56 Å². The van der Waals surface area contributed by atoms with Crippen molar-refractivity contribution in [2.45, 2.75) is 26.9 Å². The van der Waals surface area contributed by atoms with E-state index in [0.717, 1.165) is 37.6 Å². The summed E-state index contributed by atoms with van der Waals surface area (Å²) < 4.78 is 1.94. The number of hydrogen-bond donors (Lipinski definition) is 2. The molecule has 0 radical (unpaired) electrons. The highest BCUT2D eigenvalue weighted by atomic mass is 15.3. The zero-order valence-corrected chi connectivity index (χ0v) is 11.6. The van der Waals surface area contributed by atoms with Gasteiger partial charge in [0.05, 0.1) is 5.69 Å². The fourth-order valence-corrected chi connectivity index (χ4v) is 1.85. The van der Waals surface area contributed by atoms with Crippen LogP contribution in [0.5, 0.6) is 0 Å². The fourth-order valence-electron chi connectivity index (χ4n) is 1.85. The summed E-state index contributed by atoms with van der Waals surface area (Å²) in [5, 5.41) is 11.2. The molecule has 0 fully saturated rings. The largest absolute Gasteiger partial charge is 0.383 e. The van der Waals surface area contributed by atoms with Crippen molar-refractivity contribution in [3.05, 3.63) is 42.0 Å². The van der Waals surface area contributed by atoms with Crippen molar-refractivity contribution in [3.8, 4) is 0 Å². The van der Waals surface area contributed by atoms with Crippen LogP contribution in [0.2, 0.25) is 0 Å². The molecule has 19 heavy (non-hydrogen) atoms. The van der Waals surface area contributed by atoms with Crippen molar-refractivity contribution in [3.63, 3.8) is 0 Å². The summed E-state index contributed by atoms with van der Waals surface area (Å²) in [6.45, 7) is 7.66. The van der Waals surface area contributed by atoms with Gasteiger partial charge in [0.25, 0.3) is 0 Å². The minimum atomic E-state index is 0.810. The first kappa shape index (κ1) is 13.5. The Hall–Kier alpha value is -1.88. The predicted octanol–water partition coefficient (Wildman–Crippen LogP) is 1.81. The normalized spacial score (nSPS) is 10.6. The number of rotatable bonds is 7. The second kappa shape index (κ2) is 6.89. The summed E-state index contributed by atoms with van der Waals surface area (Å²) in [5.74, 6) is 0. The molecule has 0 bridgehead atoms. The van der Waals surface area contributed by atoms with E-state index >= 15 is 0 Å². The number of aryl methyl sites for hydroxylation is 2. The third-order valence-corrected chi connectivity index (χ3v) is 2.96. The van der Waals surface area contributed by atoms with E-state index in [1.807, 2.05) is 23.1 Å². The smallest absolute Gasteiger partial charge is 0.0762 e. The van der Waals surface area contributed by atoms with Crippen LogP contribution in [0.25, 0.3) is 0 Å². The molecule has 2 rings (SSSR count). The number of pyridine rings is 1. The molecule has 0 saturated heterocycles. The molecule has 0 aromatic carbocycles. The Morgan fingerprint density at radius 3 is 2.89 bits per heavy atom. The molecular weight excluding hydrogens is 238 g/mol.